The van der Waals surface area contributed by atoms with Gasteiger partial charge in [-0.3, -0.25) is 0 Å². The maximum Gasteiger partial charge on any atom is 0.156 e. The fraction of sp³-hybridized carbons (Fsp3) is 0.385. The van der Waals surface area contributed by atoms with Crippen LogP contribution in [0.2, 0.25) is 0 Å². The quantitative estimate of drug-likeness (QED) is 0.865. The van der Waals surface area contributed by atoms with Gasteiger partial charge in [-0.25, -0.2) is 9.67 Å². The van der Waals surface area contributed by atoms with Crippen molar-refractivity contribution in [2.75, 3.05) is 6.54 Å². The van der Waals surface area contributed by atoms with E-state index >= 15 is 0 Å². The average Bonchev–Trinajstić information content (AvgIpc) is 3.09. The number of nitrogens with two attached hydrogens (primary N) is 1. The highest BCUT2D eigenvalue weighted by atomic mass is 15.3. The molecule has 0 aliphatic heterocycles. The molecule has 0 bridgehead atoms. The van der Waals surface area contributed by atoms with E-state index in [0.29, 0.717) is 12.5 Å². The van der Waals surface area contributed by atoms with Crippen LogP contribution < -0.4 is 5.73 Å². The van der Waals surface area contributed by atoms with Crippen molar-refractivity contribution in [3.8, 4) is 5.82 Å². The van der Waals surface area contributed by atoms with Crippen LogP contribution in [0.25, 0.3) is 5.82 Å². The molecule has 88 valence electrons. The first-order valence-electron chi connectivity index (χ1n) is 6.08. The zero-order valence-electron chi connectivity index (χ0n) is 9.71. The van der Waals surface area contributed by atoms with Crippen molar-refractivity contribution in [3.63, 3.8) is 0 Å². The first-order chi connectivity index (χ1) is 8.38. The molecule has 4 heteroatoms. The topological polar surface area (TPSA) is 56.7 Å². The molecule has 2 N–H and O–H groups in total. The summed E-state index contributed by atoms with van der Waals surface area (Å²) >= 11 is 0. The lowest BCUT2D eigenvalue weighted by molar-refractivity contribution is 0.793. The lowest BCUT2D eigenvalue weighted by Gasteiger charge is -2.06. The molecule has 0 saturated heterocycles. The van der Waals surface area contributed by atoms with Gasteiger partial charge in [0.2, 0.25) is 0 Å². The Morgan fingerprint density at radius 2 is 2.24 bits per heavy atom. The molecule has 0 atom stereocenters. The molecule has 3 rings (SSSR count). The predicted molar refractivity (Wildman–Crippen MR) is 66.1 cm³/mol. The van der Waals surface area contributed by atoms with E-state index in [1.807, 2.05) is 16.9 Å². The highest BCUT2D eigenvalue weighted by molar-refractivity contribution is 5.33. The molecule has 0 radical (unpaired) electrons. The monoisotopic (exact) mass is 228 g/mol. The fourth-order valence-electron chi connectivity index (χ4n) is 2.04. The number of rotatable bonds is 4. The van der Waals surface area contributed by atoms with Crippen molar-refractivity contribution < 1.29 is 0 Å². The van der Waals surface area contributed by atoms with Crippen LogP contribution in [-0.4, -0.2) is 21.3 Å². The van der Waals surface area contributed by atoms with Crippen LogP contribution in [0.4, 0.5) is 0 Å². The maximum absolute atomic E-state index is 5.61. The number of pyridine rings is 1. The van der Waals surface area contributed by atoms with E-state index in [9.17, 15) is 0 Å². The average molecular weight is 228 g/mol. The van der Waals surface area contributed by atoms with Crippen LogP contribution in [0, 0.1) is 0 Å². The lowest BCUT2D eigenvalue weighted by atomic mass is 10.2. The number of hydrogen-bond acceptors (Lipinski definition) is 3. The molecule has 17 heavy (non-hydrogen) atoms. The Kier molecular flexibility index (Phi) is 2.65. The zero-order valence-corrected chi connectivity index (χ0v) is 9.71. The van der Waals surface area contributed by atoms with Crippen LogP contribution in [0.5, 0.6) is 0 Å². The van der Waals surface area contributed by atoms with E-state index in [0.717, 1.165) is 17.8 Å². The van der Waals surface area contributed by atoms with Crippen LogP contribution in [0.1, 0.15) is 30.0 Å². The van der Waals surface area contributed by atoms with Crippen LogP contribution in [-0.2, 0) is 6.42 Å². The highest BCUT2D eigenvalue weighted by Gasteiger charge is 2.26. The second kappa shape index (κ2) is 4.30. The molecule has 2 aromatic rings. The molecule has 1 aliphatic rings. The van der Waals surface area contributed by atoms with Crippen LogP contribution >= 0.6 is 0 Å². The van der Waals surface area contributed by atoms with Crippen molar-refractivity contribution in [2.24, 2.45) is 5.73 Å². The fourth-order valence-corrected chi connectivity index (χ4v) is 2.04. The lowest BCUT2D eigenvalue weighted by Crippen LogP contribution is -2.08. The van der Waals surface area contributed by atoms with Gasteiger partial charge >= 0.3 is 0 Å². The minimum absolute atomic E-state index is 0.634. The standard InChI is InChI=1S/C13H16N4/c14-7-5-11-2-1-8-15-13(11)17-9-6-12(16-17)10-3-4-10/h1-2,6,8-10H,3-5,7,14H2. The molecule has 1 saturated carbocycles. The Labute approximate surface area is 100 Å². The van der Waals surface area contributed by atoms with E-state index < -0.39 is 0 Å². The number of nitrogens with zero attached hydrogens (tertiary/aromatic N) is 3. The molecule has 4 nitrogen and oxygen atoms in total. The smallest absolute Gasteiger partial charge is 0.156 e. The summed E-state index contributed by atoms with van der Waals surface area (Å²) in [5.74, 6) is 1.59. The van der Waals surface area contributed by atoms with Gasteiger partial charge in [-0.1, -0.05) is 6.07 Å². The Bertz CT molecular complexity index is 514. The minimum atomic E-state index is 0.634. The summed E-state index contributed by atoms with van der Waals surface area (Å²) in [5.41, 5.74) is 7.96. The summed E-state index contributed by atoms with van der Waals surface area (Å²) in [6, 6.07) is 6.10. The first-order valence-corrected chi connectivity index (χ1v) is 6.08. The number of aromatic nitrogens is 3. The Morgan fingerprint density at radius 1 is 1.35 bits per heavy atom. The largest absolute Gasteiger partial charge is 0.330 e. The Hall–Kier alpha value is -1.68. The van der Waals surface area contributed by atoms with E-state index in [2.05, 4.69) is 22.2 Å². The van der Waals surface area contributed by atoms with E-state index in [1.165, 1.54) is 18.5 Å². The SMILES string of the molecule is NCCc1cccnc1-n1ccc(C2CC2)n1. The van der Waals surface area contributed by atoms with Gasteiger partial charge in [-0.05, 0) is 43.5 Å². The molecular weight excluding hydrogens is 212 g/mol. The molecule has 1 aliphatic carbocycles. The van der Waals surface area contributed by atoms with Crippen molar-refractivity contribution in [1.82, 2.24) is 14.8 Å². The molecule has 2 heterocycles. The van der Waals surface area contributed by atoms with Crippen molar-refractivity contribution >= 4 is 0 Å². The molecule has 0 aromatic carbocycles. The second-order valence-corrected chi connectivity index (χ2v) is 4.48. The van der Waals surface area contributed by atoms with Gasteiger partial charge in [0, 0.05) is 18.3 Å². The predicted octanol–water partition coefficient (Wildman–Crippen LogP) is 1.65. The summed E-state index contributed by atoms with van der Waals surface area (Å²) in [6.45, 7) is 0.634. The third kappa shape index (κ3) is 2.08. The van der Waals surface area contributed by atoms with Crippen LogP contribution in [0.15, 0.2) is 30.6 Å². The summed E-state index contributed by atoms with van der Waals surface area (Å²) < 4.78 is 1.87. The highest BCUT2D eigenvalue weighted by Crippen LogP contribution is 2.39. The maximum atomic E-state index is 5.61. The molecule has 0 unspecified atom stereocenters. The normalized spacial score (nSPS) is 15.1. The van der Waals surface area contributed by atoms with Gasteiger partial charge in [0.05, 0.1) is 5.69 Å². The third-order valence-corrected chi connectivity index (χ3v) is 3.10. The van der Waals surface area contributed by atoms with E-state index in [-0.39, 0.29) is 0 Å². The summed E-state index contributed by atoms with van der Waals surface area (Å²) in [5, 5.41) is 4.60. The second-order valence-electron chi connectivity index (χ2n) is 4.48. The first kappa shape index (κ1) is 10.5. The summed E-state index contributed by atoms with van der Waals surface area (Å²) in [6.07, 6.45) is 7.18. The van der Waals surface area contributed by atoms with Crippen LogP contribution in [0.3, 0.4) is 0 Å². The Morgan fingerprint density at radius 3 is 3.00 bits per heavy atom. The van der Waals surface area contributed by atoms with Gasteiger partial charge in [-0.15, -0.1) is 0 Å². The van der Waals surface area contributed by atoms with Crippen molar-refractivity contribution in [1.29, 1.82) is 0 Å². The molecule has 2 aromatic heterocycles. The van der Waals surface area contributed by atoms with Crippen molar-refractivity contribution in [3.05, 3.63) is 41.9 Å². The molecule has 0 amide bonds. The van der Waals surface area contributed by atoms with Gasteiger partial charge in [-0.2, -0.15) is 5.10 Å². The van der Waals surface area contributed by atoms with E-state index in [1.54, 1.807) is 6.20 Å². The van der Waals surface area contributed by atoms with Crippen molar-refractivity contribution in [2.45, 2.75) is 25.2 Å². The molecular formula is C13H16N4. The summed E-state index contributed by atoms with van der Waals surface area (Å²) in [4.78, 5) is 4.41. The van der Waals surface area contributed by atoms with Gasteiger partial charge < -0.3 is 5.73 Å². The molecule has 1 fully saturated rings. The zero-order chi connectivity index (χ0) is 11.7. The number of hydrogen-bond donors (Lipinski definition) is 1. The van der Waals surface area contributed by atoms with Gasteiger partial charge in [0.15, 0.2) is 5.82 Å². The molecule has 0 spiro atoms. The van der Waals surface area contributed by atoms with Gasteiger partial charge in [0.1, 0.15) is 0 Å². The summed E-state index contributed by atoms with van der Waals surface area (Å²) in [7, 11) is 0. The van der Waals surface area contributed by atoms with Gasteiger partial charge in [0.25, 0.3) is 0 Å². The Balaban J connectivity index is 1.95. The third-order valence-electron chi connectivity index (χ3n) is 3.10. The minimum Gasteiger partial charge on any atom is -0.330 e. The van der Waals surface area contributed by atoms with E-state index in [4.69, 9.17) is 5.73 Å².